The lowest BCUT2D eigenvalue weighted by Crippen LogP contribution is -2.39. The van der Waals surface area contributed by atoms with Crippen LogP contribution in [0.25, 0.3) is 10.8 Å². The van der Waals surface area contributed by atoms with Gasteiger partial charge in [-0.25, -0.2) is 10.9 Å². The van der Waals surface area contributed by atoms with Gasteiger partial charge in [0.15, 0.2) is 0 Å². The van der Waals surface area contributed by atoms with E-state index in [1.54, 1.807) is 12.1 Å². The van der Waals surface area contributed by atoms with Crippen LogP contribution in [-0.2, 0) is 4.79 Å². The second kappa shape index (κ2) is 8.29. The summed E-state index contributed by atoms with van der Waals surface area (Å²) in [5.41, 5.74) is 8.03. The summed E-state index contributed by atoms with van der Waals surface area (Å²) < 4.78 is 10.6. The number of halogens is 1. The molecule has 0 spiro atoms. The molecule has 2 unspecified atom stereocenters. The van der Waals surface area contributed by atoms with Crippen molar-refractivity contribution in [2.45, 2.75) is 18.5 Å². The van der Waals surface area contributed by atoms with E-state index in [1.807, 2.05) is 18.2 Å². The monoisotopic (exact) mass is 411 g/mol. The molecule has 1 aliphatic rings. The molecule has 0 aliphatic carbocycles. The van der Waals surface area contributed by atoms with Crippen LogP contribution in [-0.4, -0.2) is 26.2 Å². The van der Waals surface area contributed by atoms with Gasteiger partial charge in [0.2, 0.25) is 5.91 Å². The first-order valence-corrected chi connectivity index (χ1v) is 9.69. The number of hydrogen-bond acceptors (Lipinski definition) is 5. The van der Waals surface area contributed by atoms with Crippen molar-refractivity contribution in [2.24, 2.45) is 0 Å². The molecule has 3 aromatic carbocycles. The summed E-state index contributed by atoms with van der Waals surface area (Å²) in [6.45, 7) is 0. The number of anilines is 1. The summed E-state index contributed by atoms with van der Waals surface area (Å²) in [7, 11) is 3.05. The minimum Gasteiger partial charge on any atom is -0.495 e. The summed E-state index contributed by atoms with van der Waals surface area (Å²) >= 11 is 6.14. The summed E-state index contributed by atoms with van der Waals surface area (Å²) in [5, 5.41) is 5.68. The fourth-order valence-electron chi connectivity index (χ4n) is 3.66. The molecule has 0 aromatic heterocycles. The molecule has 1 aliphatic heterocycles. The Morgan fingerprint density at radius 3 is 2.59 bits per heavy atom. The first-order valence-electron chi connectivity index (χ1n) is 9.32. The lowest BCUT2D eigenvalue weighted by atomic mass is 9.96. The number of ether oxygens (including phenoxy) is 2. The Morgan fingerprint density at radius 1 is 1.03 bits per heavy atom. The van der Waals surface area contributed by atoms with Gasteiger partial charge in [0.1, 0.15) is 17.5 Å². The molecule has 1 fully saturated rings. The third-order valence-electron chi connectivity index (χ3n) is 5.15. The van der Waals surface area contributed by atoms with Crippen LogP contribution in [0.3, 0.4) is 0 Å². The Morgan fingerprint density at radius 2 is 1.79 bits per heavy atom. The quantitative estimate of drug-likeness (QED) is 0.590. The van der Waals surface area contributed by atoms with Crippen LogP contribution in [0.5, 0.6) is 11.5 Å². The minimum absolute atomic E-state index is 0.0264. The molecular weight excluding hydrogens is 390 g/mol. The minimum atomic E-state index is -0.398. The lowest BCUT2D eigenvalue weighted by Gasteiger charge is -2.15. The van der Waals surface area contributed by atoms with Crippen molar-refractivity contribution in [2.75, 3.05) is 19.5 Å². The first kappa shape index (κ1) is 19.5. The number of methoxy groups -OCH3 is 2. The third-order valence-corrected chi connectivity index (χ3v) is 5.45. The zero-order valence-corrected chi connectivity index (χ0v) is 16.9. The van der Waals surface area contributed by atoms with E-state index < -0.39 is 6.04 Å². The number of hydrogen-bond donors (Lipinski definition) is 3. The Kier molecular flexibility index (Phi) is 5.58. The standard InChI is InChI=1S/C22H22ClN3O3/c1-28-20-12-18(21(29-2)10-16(20)23)24-22(27)19-11-17(25-26-19)15-9-5-7-13-6-3-4-8-14(13)15/h3-10,12,17,19,25-26H,11H2,1-2H3,(H,24,27). The van der Waals surface area contributed by atoms with Gasteiger partial charge in [0, 0.05) is 18.2 Å². The van der Waals surface area contributed by atoms with Gasteiger partial charge in [-0.1, -0.05) is 54.1 Å². The SMILES string of the molecule is COc1cc(NC(=O)C2CC(c3cccc4ccccc34)NN2)c(OC)cc1Cl. The number of hydrazine groups is 1. The predicted molar refractivity (Wildman–Crippen MR) is 115 cm³/mol. The van der Waals surface area contributed by atoms with E-state index in [0.717, 1.165) is 5.56 Å². The van der Waals surface area contributed by atoms with Gasteiger partial charge < -0.3 is 14.8 Å². The van der Waals surface area contributed by atoms with Gasteiger partial charge in [-0.15, -0.1) is 0 Å². The van der Waals surface area contributed by atoms with Crippen molar-refractivity contribution < 1.29 is 14.3 Å². The maximum atomic E-state index is 12.9. The molecule has 3 aromatic rings. The molecule has 1 amide bonds. The van der Waals surface area contributed by atoms with Gasteiger partial charge in [-0.3, -0.25) is 4.79 Å². The van der Waals surface area contributed by atoms with Crippen LogP contribution in [0.4, 0.5) is 5.69 Å². The molecule has 0 radical (unpaired) electrons. The average molecular weight is 412 g/mol. The van der Waals surface area contributed by atoms with E-state index in [2.05, 4.69) is 40.4 Å². The summed E-state index contributed by atoms with van der Waals surface area (Å²) in [5.74, 6) is 0.775. The molecule has 2 atom stereocenters. The number of carbonyl (C=O) groups excluding carboxylic acids is 1. The van der Waals surface area contributed by atoms with E-state index >= 15 is 0 Å². The van der Waals surface area contributed by atoms with Crippen LogP contribution < -0.4 is 25.6 Å². The highest BCUT2D eigenvalue weighted by atomic mass is 35.5. The molecule has 6 nitrogen and oxygen atoms in total. The predicted octanol–water partition coefficient (Wildman–Crippen LogP) is 4.06. The fourth-order valence-corrected chi connectivity index (χ4v) is 3.90. The Labute approximate surface area is 174 Å². The summed E-state index contributed by atoms with van der Waals surface area (Å²) in [6.07, 6.45) is 0.618. The molecule has 150 valence electrons. The molecule has 7 heteroatoms. The molecule has 0 bridgehead atoms. The van der Waals surface area contributed by atoms with Gasteiger partial charge >= 0.3 is 0 Å². The number of nitrogens with one attached hydrogen (secondary N) is 3. The molecule has 0 saturated carbocycles. The van der Waals surface area contributed by atoms with E-state index in [0.29, 0.717) is 28.6 Å². The molecule has 1 heterocycles. The third kappa shape index (κ3) is 3.87. The Balaban J connectivity index is 1.52. The smallest absolute Gasteiger partial charge is 0.243 e. The second-order valence-corrected chi connectivity index (χ2v) is 7.28. The van der Waals surface area contributed by atoms with Crippen LogP contribution >= 0.6 is 11.6 Å². The number of amides is 1. The largest absolute Gasteiger partial charge is 0.495 e. The molecular formula is C22H22ClN3O3. The number of benzene rings is 3. The highest BCUT2D eigenvalue weighted by molar-refractivity contribution is 6.32. The van der Waals surface area contributed by atoms with Crippen LogP contribution in [0.2, 0.25) is 5.02 Å². The van der Waals surface area contributed by atoms with E-state index in [9.17, 15) is 4.79 Å². The molecule has 29 heavy (non-hydrogen) atoms. The van der Waals surface area contributed by atoms with Crippen molar-refractivity contribution in [1.29, 1.82) is 0 Å². The number of carbonyl (C=O) groups is 1. The van der Waals surface area contributed by atoms with E-state index in [4.69, 9.17) is 21.1 Å². The molecule has 3 N–H and O–H groups in total. The van der Waals surface area contributed by atoms with Crippen molar-refractivity contribution >= 4 is 34.0 Å². The van der Waals surface area contributed by atoms with Crippen molar-refractivity contribution in [3.05, 3.63) is 65.2 Å². The topological polar surface area (TPSA) is 71.6 Å². The number of fused-ring (bicyclic) bond motifs is 1. The fraction of sp³-hybridized carbons (Fsp3) is 0.227. The first-order chi connectivity index (χ1) is 14.1. The molecule has 1 saturated heterocycles. The maximum Gasteiger partial charge on any atom is 0.243 e. The van der Waals surface area contributed by atoms with Crippen molar-refractivity contribution in [1.82, 2.24) is 10.9 Å². The second-order valence-electron chi connectivity index (χ2n) is 6.87. The Hall–Kier alpha value is -2.80. The van der Waals surface area contributed by atoms with Gasteiger partial charge in [-0.2, -0.15) is 0 Å². The average Bonchev–Trinajstić information content (AvgIpc) is 3.24. The van der Waals surface area contributed by atoms with Crippen molar-refractivity contribution in [3.63, 3.8) is 0 Å². The normalized spacial score (nSPS) is 18.6. The van der Waals surface area contributed by atoms with E-state index in [1.165, 1.54) is 25.0 Å². The van der Waals surface area contributed by atoms with E-state index in [-0.39, 0.29) is 11.9 Å². The van der Waals surface area contributed by atoms with Gasteiger partial charge in [0.05, 0.1) is 24.9 Å². The Bertz CT molecular complexity index is 1050. The lowest BCUT2D eigenvalue weighted by molar-refractivity contribution is -0.117. The highest BCUT2D eigenvalue weighted by Gasteiger charge is 2.31. The zero-order chi connectivity index (χ0) is 20.4. The van der Waals surface area contributed by atoms with Crippen LogP contribution in [0.15, 0.2) is 54.6 Å². The van der Waals surface area contributed by atoms with Crippen molar-refractivity contribution in [3.8, 4) is 11.5 Å². The molecule has 4 rings (SSSR count). The van der Waals surface area contributed by atoms with Crippen LogP contribution in [0, 0.1) is 0 Å². The summed E-state index contributed by atoms with van der Waals surface area (Å²) in [6, 6.07) is 17.4. The highest BCUT2D eigenvalue weighted by Crippen LogP contribution is 2.36. The van der Waals surface area contributed by atoms with Gasteiger partial charge in [-0.05, 0) is 22.8 Å². The zero-order valence-electron chi connectivity index (χ0n) is 16.2. The summed E-state index contributed by atoms with van der Waals surface area (Å²) in [4.78, 5) is 12.9. The number of rotatable bonds is 5. The maximum absolute atomic E-state index is 12.9. The van der Waals surface area contributed by atoms with Gasteiger partial charge in [0.25, 0.3) is 0 Å². The van der Waals surface area contributed by atoms with Crippen LogP contribution in [0.1, 0.15) is 18.0 Å².